The number of nitrogens with one attached hydrogen (secondary N) is 1. The molecule has 0 aromatic carbocycles. The zero-order valence-corrected chi connectivity index (χ0v) is 13.4. The van der Waals surface area contributed by atoms with Crippen molar-refractivity contribution in [1.29, 1.82) is 0 Å². The van der Waals surface area contributed by atoms with E-state index in [9.17, 15) is 0 Å². The maximum absolute atomic E-state index is 6.13. The van der Waals surface area contributed by atoms with Crippen molar-refractivity contribution in [3.63, 3.8) is 0 Å². The van der Waals surface area contributed by atoms with Gasteiger partial charge in [-0.2, -0.15) is 0 Å². The fraction of sp³-hybridized carbons (Fsp3) is 0.688. The molecule has 0 fully saturated rings. The van der Waals surface area contributed by atoms with E-state index < -0.39 is 0 Å². The Hall–Kier alpha value is -1.13. The first kappa shape index (κ1) is 16.9. The molecule has 1 rings (SSSR count). The maximum Gasteiger partial charge on any atom is 0.0819 e. The average molecular weight is 279 g/mol. The number of nitrogens with zero attached hydrogens (tertiary/aromatic N) is 1. The van der Waals surface area contributed by atoms with Gasteiger partial charge in [-0.05, 0) is 31.4 Å². The molecule has 2 atom stereocenters. The van der Waals surface area contributed by atoms with Gasteiger partial charge in [0.2, 0.25) is 0 Å². The largest absolute Gasteiger partial charge is 0.398 e. The monoisotopic (exact) mass is 279 g/mol. The van der Waals surface area contributed by atoms with Crippen molar-refractivity contribution in [1.82, 2.24) is 10.3 Å². The van der Waals surface area contributed by atoms with Crippen LogP contribution in [0.2, 0.25) is 0 Å². The molecule has 0 saturated heterocycles. The Balaban J connectivity index is 3.12. The minimum absolute atomic E-state index is 0.0176. The molecule has 0 aliphatic carbocycles. The molecule has 0 saturated carbocycles. The summed E-state index contributed by atoms with van der Waals surface area (Å²) in [6, 6.07) is 1.91. The van der Waals surface area contributed by atoms with Gasteiger partial charge in [0, 0.05) is 30.3 Å². The summed E-state index contributed by atoms with van der Waals surface area (Å²) < 4.78 is 6.03. The zero-order valence-electron chi connectivity index (χ0n) is 13.4. The number of pyridine rings is 1. The van der Waals surface area contributed by atoms with Gasteiger partial charge < -0.3 is 15.8 Å². The quantitative estimate of drug-likeness (QED) is 0.805. The Morgan fingerprint density at radius 3 is 2.55 bits per heavy atom. The highest BCUT2D eigenvalue weighted by molar-refractivity contribution is 5.46. The van der Waals surface area contributed by atoms with Crippen molar-refractivity contribution in [2.45, 2.75) is 53.2 Å². The van der Waals surface area contributed by atoms with Crippen LogP contribution in [-0.4, -0.2) is 24.2 Å². The summed E-state index contributed by atoms with van der Waals surface area (Å²) in [6.45, 7) is 12.4. The molecule has 0 amide bonds. The molecule has 20 heavy (non-hydrogen) atoms. The molecule has 1 aromatic heterocycles. The van der Waals surface area contributed by atoms with E-state index >= 15 is 0 Å². The maximum atomic E-state index is 6.13. The van der Waals surface area contributed by atoms with Crippen molar-refractivity contribution >= 4 is 5.69 Å². The minimum atomic E-state index is 0.0176. The molecule has 4 heteroatoms. The van der Waals surface area contributed by atoms with Crippen LogP contribution in [0.4, 0.5) is 5.69 Å². The lowest BCUT2D eigenvalue weighted by molar-refractivity contribution is -0.0364. The van der Waals surface area contributed by atoms with Crippen molar-refractivity contribution in [3.05, 3.63) is 24.0 Å². The van der Waals surface area contributed by atoms with Crippen LogP contribution < -0.4 is 11.1 Å². The number of nitrogen functional groups attached to an aromatic ring is 1. The van der Waals surface area contributed by atoms with Crippen LogP contribution in [0.25, 0.3) is 0 Å². The molecule has 2 unspecified atom stereocenters. The number of anilines is 1. The van der Waals surface area contributed by atoms with Gasteiger partial charge in [0.1, 0.15) is 0 Å². The van der Waals surface area contributed by atoms with E-state index in [-0.39, 0.29) is 17.6 Å². The van der Waals surface area contributed by atoms with Crippen molar-refractivity contribution < 1.29 is 4.74 Å². The van der Waals surface area contributed by atoms with Gasteiger partial charge in [-0.3, -0.25) is 4.98 Å². The summed E-state index contributed by atoms with van der Waals surface area (Å²) in [5.74, 6) is 0. The number of hydrogen-bond acceptors (Lipinski definition) is 4. The second-order valence-electron chi connectivity index (χ2n) is 6.18. The summed E-state index contributed by atoms with van der Waals surface area (Å²) in [5, 5.41) is 3.57. The molecule has 0 aliphatic heterocycles. The highest BCUT2D eigenvalue weighted by Gasteiger charge is 2.34. The van der Waals surface area contributed by atoms with E-state index in [1.807, 2.05) is 19.2 Å². The first-order valence-corrected chi connectivity index (χ1v) is 7.46. The lowest BCUT2D eigenvalue weighted by atomic mass is 9.82. The average Bonchev–Trinajstić information content (AvgIpc) is 2.38. The molecule has 0 bridgehead atoms. The SMILES string of the molecule is CCCNC(c1cnccc1N)C(OCC)C(C)(C)C. The standard InChI is InChI=1S/C16H29N3O/c1-6-9-19-14(12-11-18-10-8-13(12)17)15(20-7-2)16(3,4)5/h8,10-11,14-15,19H,6-7,9H2,1-5H3,(H2,17,18). The fourth-order valence-electron chi connectivity index (χ4n) is 2.38. The van der Waals surface area contributed by atoms with Crippen molar-refractivity contribution in [3.8, 4) is 0 Å². The van der Waals surface area contributed by atoms with E-state index in [1.165, 1.54) is 0 Å². The third kappa shape index (κ3) is 4.46. The van der Waals surface area contributed by atoms with Gasteiger partial charge in [-0.15, -0.1) is 0 Å². The van der Waals surface area contributed by atoms with Crippen LogP contribution in [0.15, 0.2) is 18.5 Å². The predicted molar refractivity (Wildman–Crippen MR) is 84.6 cm³/mol. The van der Waals surface area contributed by atoms with Crippen LogP contribution in [0.5, 0.6) is 0 Å². The molecule has 0 spiro atoms. The summed E-state index contributed by atoms with van der Waals surface area (Å²) in [7, 11) is 0. The summed E-state index contributed by atoms with van der Waals surface area (Å²) in [6.07, 6.45) is 4.69. The Morgan fingerprint density at radius 2 is 2.05 bits per heavy atom. The van der Waals surface area contributed by atoms with Crippen LogP contribution in [0.3, 0.4) is 0 Å². The third-order valence-corrected chi connectivity index (χ3v) is 3.34. The fourth-order valence-corrected chi connectivity index (χ4v) is 2.38. The molecular weight excluding hydrogens is 250 g/mol. The molecule has 1 heterocycles. The Kier molecular flexibility index (Phi) is 6.43. The topological polar surface area (TPSA) is 60.2 Å². The molecule has 0 aliphatic rings. The van der Waals surface area contributed by atoms with Crippen molar-refractivity contribution in [2.24, 2.45) is 5.41 Å². The molecule has 114 valence electrons. The highest BCUT2D eigenvalue weighted by Crippen LogP contribution is 2.34. The third-order valence-electron chi connectivity index (χ3n) is 3.34. The Morgan fingerprint density at radius 1 is 1.35 bits per heavy atom. The summed E-state index contributed by atoms with van der Waals surface area (Å²) >= 11 is 0. The second kappa shape index (κ2) is 7.60. The van der Waals surface area contributed by atoms with Crippen LogP contribution in [0, 0.1) is 5.41 Å². The zero-order chi connectivity index (χ0) is 15.2. The van der Waals surface area contributed by atoms with Gasteiger partial charge in [-0.25, -0.2) is 0 Å². The van der Waals surface area contributed by atoms with E-state index in [0.29, 0.717) is 6.61 Å². The number of aromatic nitrogens is 1. The summed E-state index contributed by atoms with van der Waals surface area (Å²) in [5.41, 5.74) is 7.94. The number of nitrogens with two attached hydrogens (primary N) is 1. The second-order valence-corrected chi connectivity index (χ2v) is 6.18. The number of rotatable bonds is 7. The lowest BCUT2D eigenvalue weighted by Gasteiger charge is -2.37. The van der Waals surface area contributed by atoms with Crippen LogP contribution >= 0.6 is 0 Å². The van der Waals surface area contributed by atoms with Gasteiger partial charge in [0.15, 0.2) is 0 Å². The molecule has 3 N–H and O–H groups in total. The highest BCUT2D eigenvalue weighted by atomic mass is 16.5. The first-order valence-electron chi connectivity index (χ1n) is 7.46. The first-order chi connectivity index (χ1) is 9.41. The van der Waals surface area contributed by atoms with E-state index in [4.69, 9.17) is 10.5 Å². The predicted octanol–water partition coefficient (Wildman–Crippen LogP) is 3.16. The normalized spacial score (nSPS) is 15.1. The van der Waals surface area contributed by atoms with E-state index in [1.54, 1.807) is 6.20 Å². The molecule has 0 radical (unpaired) electrons. The number of hydrogen-bond donors (Lipinski definition) is 2. The molecule has 1 aromatic rings. The molecule has 4 nitrogen and oxygen atoms in total. The van der Waals surface area contributed by atoms with Gasteiger partial charge in [0.05, 0.1) is 12.1 Å². The van der Waals surface area contributed by atoms with Crippen LogP contribution in [0.1, 0.15) is 52.6 Å². The van der Waals surface area contributed by atoms with Crippen LogP contribution in [-0.2, 0) is 4.74 Å². The van der Waals surface area contributed by atoms with Gasteiger partial charge in [-0.1, -0.05) is 27.7 Å². The lowest BCUT2D eigenvalue weighted by Crippen LogP contribution is -2.42. The smallest absolute Gasteiger partial charge is 0.0819 e. The summed E-state index contributed by atoms with van der Waals surface area (Å²) in [4.78, 5) is 4.22. The van der Waals surface area contributed by atoms with E-state index in [2.05, 4.69) is 38.0 Å². The number of ether oxygens (including phenoxy) is 1. The Bertz CT molecular complexity index is 401. The van der Waals surface area contributed by atoms with E-state index in [0.717, 1.165) is 24.2 Å². The minimum Gasteiger partial charge on any atom is -0.398 e. The van der Waals surface area contributed by atoms with Gasteiger partial charge in [0.25, 0.3) is 0 Å². The Labute approximate surface area is 123 Å². The molecular formula is C16H29N3O. The van der Waals surface area contributed by atoms with Gasteiger partial charge >= 0.3 is 0 Å². The van der Waals surface area contributed by atoms with Crippen molar-refractivity contribution in [2.75, 3.05) is 18.9 Å².